The Morgan fingerprint density at radius 3 is 2.43 bits per heavy atom. The van der Waals surface area contributed by atoms with Gasteiger partial charge in [0, 0.05) is 18.7 Å². The highest BCUT2D eigenvalue weighted by atomic mass is 19.1. The van der Waals surface area contributed by atoms with Gasteiger partial charge in [-0.3, -0.25) is 0 Å². The van der Waals surface area contributed by atoms with Gasteiger partial charge >= 0.3 is 0 Å². The lowest BCUT2D eigenvalue weighted by molar-refractivity contribution is 0.401. The Kier molecular flexibility index (Phi) is 6.04. The van der Waals surface area contributed by atoms with E-state index in [-0.39, 0.29) is 5.82 Å². The molecule has 1 saturated heterocycles. The van der Waals surface area contributed by atoms with Gasteiger partial charge in [-0.15, -0.1) is 5.10 Å². The molecule has 0 unspecified atom stereocenters. The monoisotopic (exact) mass is 492 g/mol. The summed E-state index contributed by atoms with van der Waals surface area (Å²) in [5, 5.41) is 5.32. The molecule has 1 aliphatic heterocycles. The third kappa shape index (κ3) is 4.53. The second-order valence-electron chi connectivity index (χ2n) is 9.81. The van der Waals surface area contributed by atoms with Crippen molar-refractivity contribution in [2.24, 2.45) is 5.92 Å². The van der Waals surface area contributed by atoms with Crippen LogP contribution in [0.25, 0.3) is 28.0 Å². The van der Waals surface area contributed by atoms with Gasteiger partial charge in [0.15, 0.2) is 5.65 Å². The van der Waals surface area contributed by atoms with E-state index in [9.17, 15) is 0 Å². The number of aromatic nitrogens is 4. The fourth-order valence-electron chi connectivity index (χ4n) is 5.23. The maximum atomic E-state index is 15.0. The van der Waals surface area contributed by atoms with Crippen LogP contribution in [0, 0.1) is 18.7 Å². The van der Waals surface area contributed by atoms with Crippen molar-refractivity contribution in [1.29, 1.82) is 0 Å². The van der Waals surface area contributed by atoms with Crippen LogP contribution in [0.2, 0.25) is 0 Å². The number of nitrogens with two attached hydrogens (primary N) is 1. The number of benzene rings is 3. The van der Waals surface area contributed by atoms with Gasteiger partial charge in [-0.05, 0) is 67.5 Å². The first-order chi connectivity index (χ1) is 18.1. The number of aryl methyl sites for hydroxylation is 1. The largest absolute Gasteiger partial charge is 0.383 e. The van der Waals surface area contributed by atoms with Crippen molar-refractivity contribution in [3.63, 3.8) is 0 Å². The average molecular weight is 493 g/mol. The van der Waals surface area contributed by atoms with Crippen LogP contribution in [0.1, 0.15) is 24.0 Å². The third-order valence-corrected chi connectivity index (χ3v) is 7.20. The predicted octanol–water partition coefficient (Wildman–Crippen LogP) is 5.97. The Bertz CT molecular complexity index is 1550. The molecule has 5 aromatic rings. The normalized spacial score (nSPS) is 14.4. The molecule has 1 aliphatic rings. The summed E-state index contributed by atoms with van der Waals surface area (Å²) in [6.45, 7) is 3.70. The maximum Gasteiger partial charge on any atom is 0.228 e. The van der Waals surface area contributed by atoms with Crippen molar-refractivity contribution in [3.8, 4) is 16.9 Å². The summed E-state index contributed by atoms with van der Waals surface area (Å²) in [7, 11) is 0. The van der Waals surface area contributed by atoms with E-state index in [1.54, 1.807) is 16.8 Å². The Balaban J connectivity index is 1.39. The zero-order chi connectivity index (χ0) is 25.4. The van der Waals surface area contributed by atoms with Crippen LogP contribution in [0.15, 0.2) is 78.9 Å². The Hall–Kier alpha value is -4.26. The molecule has 186 valence electrons. The molecule has 0 spiro atoms. The number of hydrogen-bond donors (Lipinski definition) is 1. The average Bonchev–Trinajstić information content (AvgIpc) is 3.26. The Labute approximate surface area is 215 Å². The van der Waals surface area contributed by atoms with E-state index < -0.39 is 0 Å². The van der Waals surface area contributed by atoms with Crippen LogP contribution < -0.4 is 10.6 Å². The first-order valence-electron chi connectivity index (χ1n) is 12.7. The minimum absolute atomic E-state index is 0.349. The number of nitrogen functional groups attached to an aromatic ring is 1. The summed E-state index contributed by atoms with van der Waals surface area (Å²) in [5.74, 6) is 1.23. The van der Waals surface area contributed by atoms with Gasteiger partial charge in [-0.2, -0.15) is 4.98 Å². The number of anilines is 2. The standard InChI is InChI=1S/C30H29FN6/c1-20-8-7-11-23(18-20)37-28(32)26-27(24-12-5-6-13-25(24)31)33-30(34-29(26)35-37)36-16-14-22(15-17-36)19-21-9-3-2-4-10-21/h2-13,18,22H,14-17,19,32H2,1H3. The minimum Gasteiger partial charge on any atom is -0.383 e. The highest BCUT2D eigenvalue weighted by molar-refractivity contribution is 5.99. The van der Waals surface area contributed by atoms with E-state index in [4.69, 9.17) is 20.8 Å². The van der Waals surface area contributed by atoms with Crippen molar-refractivity contribution in [1.82, 2.24) is 19.7 Å². The van der Waals surface area contributed by atoms with Gasteiger partial charge in [-0.1, -0.05) is 54.6 Å². The molecule has 7 heteroatoms. The molecule has 0 saturated carbocycles. The molecule has 3 heterocycles. The van der Waals surface area contributed by atoms with Gasteiger partial charge in [0.2, 0.25) is 5.95 Å². The summed E-state index contributed by atoms with van der Waals surface area (Å²) in [5.41, 5.74) is 11.2. The SMILES string of the molecule is Cc1cccc(-n2nc3nc(N4CCC(Cc5ccccc5)CC4)nc(-c4ccccc4F)c3c2N)c1. The number of fused-ring (bicyclic) bond motifs is 1. The molecule has 3 aromatic carbocycles. The Morgan fingerprint density at radius 1 is 0.919 bits per heavy atom. The lowest BCUT2D eigenvalue weighted by atomic mass is 9.90. The fourth-order valence-corrected chi connectivity index (χ4v) is 5.23. The Morgan fingerprint density at radius 2 is 1.68 bits per heavy atom. The van der Waals surface area contributed by atoms with Crippen LogP contribution in [0.3, 0.4) is 0 Å². The molecule has 37 heavy (non-hydrogen) atoms. The van der Waals surface area contributed by atoms with Gasteiger partial charge < -0.3 is 10.6 Å². The number of rotatable bonds is 5. The molecule has 6 nitrogen and oxygen atoms in total. The topological polar surface area (TPSA) is 72.9 Å². The third-order valence-electron chi connectivity index (χ3n) is 7.20. The summed E-state index contributed by atoms with van der Waals surface area (Å²) in [4.78, 5) is 11.9. The van der Waals surface area contributed by atoms with E-state index in [1.807, 2.05) is 37.3 Å². The highest BCUT2D eigenvalue weighted by Gasteiger charge is 2.26. The number of halogens is 1. The molecular weight excluding hydrogens is 463 g/mol. The lowest BCUT2D eigenvalue weighted by Gasteiger charge is -2.32. The zero-order valence-corrected chi connectivity index (χ0v) is 20.8. The molecule has 0 radical (unpaired) electrons. The first kappa shape index (κ1) is 23.2. The van der Waals surface area contributed by atoms with Crippen LogP contribution in [0.4, 0.5) is 16.2 Å². The highest BCUT2D eigenvalue weighted by Crippen LogP contribution is 2.35. The molecule has 1 fully saturated rings. The van der Waals surface area contributed by atoms with Crippen LogP contribution in [0.5, 0.6) is 0 Å². The van der Waals surface area contributed by atoms with Gasteiger partial charge in [0.25, 0.3) is 0 Å². The van der Waals surface area contributed by atoms with E-state index in [1.165, 1.54) is 11.6 Å². The molecule has 2 aromatic heterocycles. The quantitative estimate of drug-likeness (QED) is 0.327. The van der Waals surface area contributed by atoms with Gasteiger partial charge in [0.05, 0.1) is 16.8 Å². The van der Waals surface area contributed by atoms with Crippen molar-refractivity contribution >= 4 is 22.8 Å². The number of piperidine rings is 1. The molecule has 0 amide bonds. The summed E-state index contributed by atoms with van der Waals surface area (Å²) in [6, 6.07) is 25.2. The zero-order valence-electron chi connectivity index (χ0n) is 20.8. The van der Waals surface area contributed by atoms with Crippen molar-refractivity contribution in [2.75, 3.05) is 23.7 Å². The molecule has 0 atom stereocenters. The molecule has 0 aliphatic carbocycles. The van der Waals surface area contributed by atoms with Crippen molar-refractivity contribution in [3.05, 3.63) is 95.8 Å². The summed E-state index contributed by atoms with van der Waals surface area (Å²) >= 11 is 0. The maximum absolute atomic E-state index is 15.0. The lowest BCUT2D eigenvalue weighted by Crippen LogP contribution is -2.35. The molecule has 2 N–H and O–H groups in total. The second kappa shape index (κ2) is 9.65. The van der Waals surface area contributed by atoms with Crippen molar-refractivity contribution < 1.29 is 4.39 Å². The molecular formula is C30H29FN6. The van der Waals surface area contributed by atoms with Crippen molar-refractivity contribution in [2.45, 2.75) is 26.2 Å². The van der Waals surface area contributed by atoms with E-state index in [0.717, 1.165) is 43.6 Å². The first-order valence-corrected chi connectivity index (χ1v) is 12.7. The second-order valence-corrected chi connectivity index (χ2v) is 9.81. The molecule has 0 bridgehead atoms. The van der Waals surface area contributed by atoms with Crippen LogP contribution in [-0.2, 0) is 6.42 Å². The van der Waals surface area contributed by atoms with Gasteiger partial charge in [-0.25, -0.2) is 14.1 Å². The predicted molar refractivity (Wildman–Crippen MR) is 146 cm³/mol. The molecule has 6 rings (SSSR count). The summed E-state index contributed by atoms with van der Waals surface area (Å²) in [6.07, 6.45) is 3.17. The van der Waals surface area contributed by atoms with E-state index in [0.29, 0.717) is 40.0 Å². The van der Waals surface area contributed by atoms with Crippen LogP contribution in [-0.4, -0.2) is 32.8 Å². The smallest absolute Gasteiger partial charge is 0.228 e. The van der Waals surface area contributed by atoms with Crippen LogP contribution >= 0.6 is 0 Å². The fraction of sp³-hybridized carbons (Fsp3) is 0.233. The van der Waals surface area contributed by atoms with E-state index >= 15 is 4.39 Å². The summed E-state index contributed by atoms with van der Waals surface area (Å²) < 4.78 is 16.7. The van der Waals surface area contributed by atoms with Gasteiger partial charge in [0.1, 0.15) is 11.6 Å². The number of nitrogens with zero attached hydrogens (tertiary/aromatic N) is 5. The number of hydrogen-bond acceptors (Lipinski definition) is 5. The minimum atomic E-state index is -0.349. The van der Waals surface area contributed by atoms with E-state index in [2.05, 4.69) is 35.2 Å².